The van der Waals surface area contributed by atoms with Crippen molar-refractivity contribution in [1.82, 2.24) is 10.3 Å². The third kappa shape index (κ3) is 3.81. The first-order valence-electron chi connectivity index (χ1n) is 7.17. The second-order valence-electron chi connectivity index (χ2n) is 5.33. The molecular weight excluding hydrogens is 264 g/mol. The minimum Gasteiger partial charge on any atom is -0.445 e. The predicted octanol–water partition coefficient (Wildman–Crippen LogP) is 3.11. The maximum Gasteiger partial charge on any atom is 0.407 e. The van der Waals surface area contributed by atoms with Crippen LogP contribution < -0.4 is 5.32 Å². The zero-order chi connectivity index (χ0) is 14.5. The molecule has 1 saturated carbocycles. The molecule has 1 N–H and O–H groups in total. The molecule has 4 nitrogen and oxygen atoms in total. The molecule has 2 aromatic rings. The monoisotopic (exact) mass is 282 g/mol. The van der Waals surface area contributed by atoms with Crippen LogP contribution in [0.3, 0.4) is 0 Å². The van der Waals surface area contributed by atoms with E-state index in [1.165, 1.54) is 5.56 Å². The van der Waals surface area contributed by atoms with Crippen molar-refractivity contribution in [1.29, 1.82) is 0 Å². The largest absolute Gasteiger partial charge is 0.445 e. The number of carbonyl (C=O) groups is 1. The molecule has 1 fully saturated rings. The van der Waals surface area contributed by atoms with Crippen LogP contribution in [-0.2, 0) is 11.3 Å². The Hall–Kier alpha value is -2.36. The van der Waals surface area contributed by atoms with Crippen molar-refractivity contribution in [2.45, 2.75) is 18.9 Å². The number of hydrogen-bond acceptors (Lipinski definition) is 3. The van der Waals surface area contributed by atoms with Gasteiger partial charge >= 0.3 is 6.09 Å². The lowest BCUT2D eigenvalue weighted by Gasteiger charge is -2.07. The topological polar surface area (TPSA) is 51.2 Å². The van der Waals surface area contributed by atoms with Crippen LogP contribution in [0, 0.1) is 5.92 Å². The Morgan fingerprint density at radius 2 is 2.10 bits per heavy atom. The summed E-state index contributed by atoms with van der Waals surface area (Å²) in [6, 6.07) is 13.7. The molecule has 4 heteroatoms. The maximum atomic E-state index is 11.6. The van der Waals surface area contributed by atoms with Crippen LogP contribution >= 0.6 is 0 Å². The molecule has 0 spiro atoms. The SMILES string of the molecule is O=C(NC[C@@H]1C[C@H]1c1cccnc1)OCc1ccccc1. The number of pyridine rings is 1. The maximum absolute atomic E-state index is 11.6. The van der Waals surface area contributed by atoms with E-state index in [9.17, 15) is 4.79 Å². The van der Waals surface area contributed by atoms with E-state index in [0.29, 0.717) is 25.0 Å². The summed E-state index contributed by atoms with van der Waals surface area (Å²) >= 11 is 0. The molecule has 21 heavy (non-hydrogen) atoms. The number of ether oxygens (including phenoxy) is 1. The van der Waals surface area contributed by atoms with Crippen molar-refractivity contribution in [2.24, 2.45) is 5.92 Å². The number of hydrogen-bond donors (Lipinski definition) is 1. The van der Waals surface area contributed by atoms with Gasteiger partial charge in [-0.2, -0.15) is 0 Å². The smallest absolute Gasteiger partial charge is 0.407 e. The standard InChI is InChI=1S/C17H18N2O2/c20-17(21-12-13-5-2-1-3-6-13)19-11-15-9-16(15)14-7-4-8-18-10-14/h1-8,10,15-16H,9,11-12H2,(H,19,20)/t15-,16-/m0/s1. The van der Waals surface area contributed by atoms with E-state index in [0.717, 1.165) is 12.0 Å². The summed E-state index contributed by atoms with van der Waals surface area (Å²) in [7, 11) is 0. The molecule has 1 aromatic heterocycles. The van der Waals surface area contributed by atoms with Crippen LogP contribution in [-0.4, -0.2) is 17.6 Å². The van der Waals surface area contributed by atoms with Gasteiger partial charge in [-0.3, -0.25) is 4.98 Å². The third-order valence-electron chi connectivity index (χ3n) is 3.76. The molecule has 0 aliphatic heterocycles. The number of carbonyl (C=O) groups excluding carboxylic acids is 1. The van der Waals surface area contributed by atoms with Gasteiger partial charge in [-0.25, -0.2) is 4.79 Å². The Bertz CT molecular complexity index is 586. The summed E-state index contributed by atoms with van der Waals surface area (Å²) < 4.78 is 5.18. The first kappa shape index (κ1) is 13.6. The molecule has 0 unspecified atom stereocenters. The van der Waals surface area contributed by atoms with Crippen molar-refractivity contribution in [3.63, 3.8) is 0 Å². The van der Waals surface area contributed by atoms with E-state index in [1.54, 1.807) is 6.20 Å². The number of nitrogens with one attached hydrogen (secondary N) is 1. The molecule has 2 atom stereocenters. The molecule has 1 amide bonds. The summed E-state index contributed by atoms with van der Waals surface area (Å²) in [6.07, 6.45) is 4.43. The van der Waals surface area contributed by atoms with Crippen molar-refractivity contribution < 1.29 is 9.53 Å². The average molecular weight is 282 g/mol. The van der Waals surface area contributed by atoms with Crippen LogP contribution in [0.2, 0.25) is 0 Å². The molecule has 1 aromatic carbocycles. The molecule has 0 saturated heterocycles. The zero-order valence-corrected chi connectivity index (χ0v) is 11.7. The normalized spacial score (nSPS) is 19.8. The van der Waals surface area contributed by atoms with Crippen molar-refractivity contribution in [3.8, 4) is 0 Å². The lowest BCUT2D eigenvalue weighted by molar-refractivity contribution is 0.139. The van der Waals surface area contributed by atoms with E-state index in [2.05, 4.69) is 16.4 Å². The van der Waals surface area contributed by atoms with E-state index in [-0.39, 0.29) is 6.09 Å². The van der Waals surface area contributed by atoms with Gasteiger partial charge in [-0.15, -0.1) is 0 Å². The average Bonchev–Trinajstić information content (AvgIpc) is 3.32. The molecule has 108 valence electrons. The summed E-state index contributed by atoms with van der Waals surface area (Å²) in [5.74, 6) is 1.02. The van der Waals surface area contributed by atoms with Gasteiger partial charge in [0.1, 0.15) is 6.61 Å². The number of aromatic nitrogens is 1. The lowest BCUT2D eigenvalue weighted by Crippen LogP contribution is -2.26. The van der Waals surface area contributed by atoms with Gasteiger partial charge in [0.15, 0.2) is 0 Å². The first-order valence-corrected chi connectivity index (χ1v) is 7.17. The van der Waals surface area contributed by atoms with Gasteiger partial charge < -0.3 is 10.1 Å². The minimum absolute atomic E-state index is 0.309. The van der Waals surface area contributed by atoms with Crippen LogP contribution in [0.5, 0.6) is 0 Å². The highest BCUT2D eigenvalue weighted by atomic mass is 16.5. The molecule has 0 radical (unpaired) electrons. The molecule has 3 rings (SSSR count). The Kier molecular flexibility index (Phi) is 4.15. The fourth-order valence-electron chi connectivity index (χ4n) is 2.47. The van der Waals surface area contributed by atoms with Gasteiger partial charge in [-0.1, -0.05) is 36.4 Å². The highest BCUT2D eigenvalue weighted by Crippen LogP contribution is 2.46. The highest BCUT2D eigenvalue weighted by Gasteiger charge is 2.38. The molecule has 1 aliphatic carbocycles. The van der Waals surface area contributed by atoms with Crippen molar-refractivity contribution in [2.75, 3.05) is 6.54 Å². The van der Waals surface area contributed by atoms with E-state index >= 15 is 0 Å². The van der Waals surface area contributed by atoms with Crippen LogP contribution in [0.4, 0.5) is 4.79 Å². The number of nitrogens with zero attached hydrogens (tertiary/aromatic N) is 1. The number of alkyl carbamates (subject to hydrolysis) is 1. The van der Waals surface area contributed by atoms with Gasteiger partial charge in [0.2, 0.25) is 0 Å². The van der Waals surface area contributed by atoms with Gasteiger partial charge in [0.05, 0.1) is 0 Å². The van der Waals surface area contributed by atoms with Gasteiger partial charge in [0.25, 0.3) is 0 Å². The number of amides is 1. The molecule has 0 bridgehead atoms. The second-order valence-corrected chi connectivity index (χ2v) is 5.33. The number of rotatable bonds is 5. The van der Waals surface area contributed by atoms with Crippen LogP contribution in [0.1, 0.15) is 23.5 Å². The minimum atomic E-state index is -0.351. The summed E-state index contributed by atoms with van der Waals surface area (Å²) in [4.78, 5) is 15.8. The Balaban J connectivity index is 1.38. The fourth-order valence-corrected chi connectivity index (χ4v) is 2.47. The highest BCUT2D eigenvalue weighted by molar-refractivity contribution is 5.67. The van der Waals surface area contributed by atoms with Gasteiger partial charge in [-0.05, 0) is 35.4 Å². The lowest BCUT2D eigenvalue weighted by atomic mass is 10.1. The second kappa shape index (κ2) is 6.39. The molecule has 1 aliphatic rings. The van der Waals surface area contributed by atoms with Crippen LogP contribution in [0.15, 0.2) is 54.9 Å². The van der Waals surface area contributed by atoms with E-state index < -0.39 is 0 Å². The summed E-state index contributed by atoms with van der Waals surface area (Å²) in [6.45, 7) is 0.969. The Morgan fingerprint density at radius 1 is 1.24 bits per heavy atom. The van der Waals surface area contributed by atoms with Crippen molar-refractivity contribution >= 4 is 6.09 Å². The Labute approximate surface area is 124 Å². The summed E-state index contributed by atoms with van der Waals surface area (Å²) in [5, 5.41) is 2.83. The third-order valence-corrected chi connectivity index (χ3v) is 3.76. The quantitative estimate of drug-likeness (QED) is 0.916. The predicted molar refractivity (Wildman–Crippen MR) is 79.7 cm³/mol. The molecular formula is C17H18N2O2. The number of benzene rings is 1. The zero-order valence-electron chi connectivity index (χ0n) is 11.7. The fraction of sp³-hybridized carbons (Fsp3) is 0.294. The van der Waals surface area contributed by atoms with E-state index in [4.69, 9.17) is 4.74 Å². The first-order chi connectivity index (χ1) is 10.3. The molecule has 1 heterocycles. The van der Waals surface area contributed by atoms with E-state index in [1.807, 2.05) is 42.6 Å². The Morgan fingerprint density at radius 3 is 2.86 bits per heavy atom. The summed E-state index contributed by atoms with van der Waals surface area (Å²) in [5.41, 5.74) is 2.24. The van der Waals surface area contributed by atoms with Gasteiger partial charge in [0, 0.05) is 18.9 Å². The van der Waals surface area contributed by atoms with Crippen molar-refractivity contribution in [3.05, 3.63) is 66.0 Å². The van der Waals surface area contributed by atoms with Crippen LogP contribution in [0.25, 0.3) is 0 Å².